The molecule has 1 aromatic heterocycles. The fourth-order valence-corrected chi connectivity index (χ4v) is 2.19. The third kappa shape index (κ3) is 3.10. The first-order valence-electron chi connectivity index (χ1n) is 5.03. The van der Waals surface area contributed by atoms with Gasteiger partial charge in [-0.05, 0) is 25.1 Å². The summed E-state index contributed by atoms with van der Waals surface area (Å²) in [5, 5.41) is 12.7. The summed E-state index contributed by atoms with van der Waals surface area (Å²) >= 11 is 1.52. The summed E-state index contributed by atoms with van der Waals surface area (Å²) in [4.78, 5) is 11.7. The standard InChI is InChI=1S/C12H11NO3S/c1-8-5-10(16-13-8)7-17-11-4-2-3-9(6-11)12(14)15/h2-6H,7H2,1H3,(H,14,15). The van der Waals surface area contributed by atoms with Crippen molar-refractivity contribution >= 4 is 17.7 Å². The third-order valence-corrected chi connectivity index (χ3v) is 3.15. The van der Waals surface area contributed by atoms with Gasteiger partial charge in [0, 0.05) is 11.0 Å². The van der Waals surface area contributed by atoms with Crippen LogP contribution in [-0.2, 0) is 5.75 Å². The van der Waals surface area contributed by atoms with Crippen molar-refractivity contribution in [1.82, 2.24) is 5.16 Å². The molecule has 0 amide bonds. The number of carboxylic acids is 1. The quantitative estimate of drug-likeness (QED) is 0.844. The zero-order valence-corrected chi connectivity index (χ0v) is 10.0. The Kier molecular flexibility index (Phi) is 3.49. The van der Waals surface area contributed by atoms with Crippen LogP contribution >= 0.6 is 11.8 Å². The number of aromatic carboxylic acids is 1. The summed E-state index contributed by atoms with van der Waals surface area (Å²) < 4.78 is 5.08. The Hall–Kier alpha value is -1.75. The van der Waals surface area contributed by atoms with E-state index in [9.17, 15) is 4.79 Å². The average Bonchev–Trinajstić information content (AvgIpc) is 2.73. The van der Waals surface area contributed by atoms with Gasteiger partial charge < -0.3 is 9.63 Å². The zero-order valence-electron chi connectivity index (χ0n) is 9.21. The monoisotopic (exact) mass is 249 g/mol. The molecule has 88 valence electrons. The molecule has 0 saturated carbocycles. The molecular formula is C12H11NO3S. The van der Waals surface area contributed by atoms with Crippen molar-refractivity contribution in [2.24, 2.45) is 0 Å². The van der Waals surface area contributed by atoms with Gasteiger partial charge in [-0.25, -0.2) is 4.79 Å². The smallest absolute Gasteiger partial charge is 0.335 e. The molecule has 0 spiro atoms. The molecule has 0 radical (unpaired) electrons. The summed E-state index contributed by atoms with van der Waals surface area (Å²) in [6, 6.07) is 8.70. The van der Waals surface area contributed by atoms with Crippen molar-refractivity contribution in [3.05, 3.63) is 47.3 Å². The van der Waals surface area contributed by atoms with Gasteiger partial charge in [0.2, 0.25) is 0 Å². The van der Waals surface area contributed by atoms with Crippen LogP contribution in [0.2, 0.25) is 0 Å². The number of hydrogen-bond acceptors (Lipinski definition) is 4. The van der Waals surface area contributed by atoms with Crippen molar-refractivity contribution in [2.45, 2.75) is 17.6 Å². The number of carbonyl (C=O) groups is 1. The van der Waals surface area contributed by atoms with Crippen LogP contribution in [0.5, 0.6) is 0 Å². The van der Waals surface area contributed by atoms with E-state index in [1.54, 1.807) is 18.2 Å². The first-order chi connectivity index (χ1) is 8.15. The summed E-state index contributed by atoms with van der Waals surface area (Å²) in [6.07, 6.45) is 0. The lowest BCUT2D eigenvalue weighted by atomic mass is 10.2. The van der Waals surface area contributed by atoms with Gasteiger partial charge in [-0.15, -0.1) is 11.8 Å². The van der Waals surface area contributed by atoms with Crippen LogP contribution in [0, 0.1) is 6.92 Å². The zero-order chi connectivity index (χ0) is 12.3. The number of benzene rings is 1. The molecule has 0 atom stereocenters. The van der Waals surface area contributed by atoms with Crippen molar-refractivity contribution in [1.29, 1.82) is 0 Å². The van der Waals surface area contributed by atoms with E-state index in [4.69, 9.17) is 9.63 Å². The fourth-order valence-electron chi connectivity index (χ4n) is 1.36. The maximum Gasteiger partial charge on any atom is 0.335 e. The van der Waals surface area contributed by atoms with E-state index in [-0.39, 0.29) is 0 Å². The number of carboxylic acid groups (broad SMARTS) is 1. The minimum atomic E-state index is -0.914. The first-order valence-corrected chi connectivity index (χ1v) is 6.02. The lowest BCUT2D eigenvalue weighted by Crippen LogP contribution is -1.95. The molecule has 4 nitrogen and oxygen atoms in total. The number of thioether (sulfide) groups is 1. The number of nitrogens with zero attached hydrogens (tertiary/aromatic N) is 1. The number of aromatic nitrogens is 1. The molecule has 0 fully saturated rings. The highest BCUT2D eigenvalue weighted by Gasteiger charge is 2.05. The molecule has 0 aliphatic heterocycles. The van der Waals surface area contributed by atoms with Gasteiger partial charge in [0.1, 0.15) is 5.76 Å². The number of rotatable bonds is 4. The number of hydrogen-bond donors (Lipinski definition) is 1. The van der Waals surface area contributed by atoms with Crippen molar-refractivity contribution < 1.29 is 14.4 Å². The van der Waals surface area contributed by atoms with E-state index in [2.05, 4.69) is 5.16 Å². The molecule has 1 heterocycles. The Morgan fingerprint density at radius 1 is 1.47 bits per heavy atom. The maximum absolute atomic E-state index is 10.8. The van der Waals surface area contributed by atoms with Crippen LogP contribution in [0.15, 0.2) is 39.8 Å². The fraction of sp³-hybridized carbons (Fsp3) is 0.167. The average molecular weight is 249 g/mol. The summed E-state index contributed by atoms with van der Waals surface area (Å²) in [5.41, 5.74) is 1.14. The van der Waals surface area contributed by atoms with Crippen molar-refractivity contribution in [2.75, 3.05) is 0 Å². The molecule has 0 aliphatic rings. The van der Waals surface area contributed by atoms with Crippen molar-refractivity contribution in [3.8, 4) is 0 Å². The second kappa shape index (κ2) is 5.05. The lowest BCUT2D eigenvalue weighted by Gasteiger charge is -2.00. The predicted octanol–water partition coefficient (Wildman–Crippen LogP) is 2.97. The second-order valence-electron chi connectivity index (χ2n) is 3.56. The summed E-state index contributed by atoms with van der Waals surface area (Å²) in [5.74, 6) is 0.514. The Bertz CT molecular complexity index is 536. The SMILES string of the molecule is Cc1cc(CSc2cccc(C(=O)O)c2)on1. The maximum atomic E-state index is 10.8. The Balaban J connectivity index is 2.04. The lowest BCUT2D eigenvalue weighted by molar-refractivity contribution is 0.0696. The molecule has 0 saturated heterocycles. The molecule has 17 heavy (non-hydrogen) atoms. The molecule has 0 bridgehead atoms. The second-order valence-corrected chi connectivity index (χ2v) is 4.61. The van der Waals surface area contributed by atoms with Gasteiger partial charge in [-0.2, -0.15) is 0 Å². The van der Waals surface area contributed by atoms with Gasteiger partial charge in [0.15, 0.2) is 0 Å². The molecule has 2 rings (SSSR count). The highest BCUT2D eigenvalue weighted by Crippen LogP contribution is 2.23. The van der Waals surface area contributed by atoms with Gasteiger partial charge in [0.05, 0.1) is 17.0 Å². The molecule has 5 heteroatoms. The van der Waals surface area contributed by atoms with Crippen LogP contribution in [0.4, 0.5) is 0 Å². The van der Waals surface area contributed by atoms with Crippen LogP contribution in [0.1, 0.15) is 21.8 Å². The molecular weight excluding hydrogens is 238 g/mol. The van der Waals surface area contributed by atoms with Gasteiger partial charge in [-0.3, -0.25) is 0 Å². The van der Waals surface area contributed by atoms with E-state index < -0.39 is 5.97 Å². The Morgan fingerprint density at radius 2 is 2.29 bits per heavy atom. The van der Waals surface area contributed by atoms with E-state index in [0.717, 1.165) is 16.3 Å². The van der Waals surface area contributed by atoms with Crippen LogP contribution in [0.25, 0.3) is 0 Å². The first kappa shape index (κ1) is 11.7. The molecule has 1 aromatic carbocycles. The van der Waals surface area contributed by atoms with Crippen LogP contribution < -0.4 is 0 Å². The number of aryl methyl sites for hydroxylation is 1. The highest BCUT2D eigenvalue weighted by atomic mass is 32.2. The Morgan fingerprint density at radius 3 is 2.94 bits per heavy atom. The normalized spacial score (nSPS) is 10.4. The largest absolute Gasteiger partial charge is 0.478 e. The predicted molar refractivity (Wildman–Crippen MR) is 64.2 cm³/mol. The van der Waals surface area contributed by atoms with Gasteiger partial charge in [0.25, 0.3) is 0 Å². The van der Waals surface area contributed by atoms with Crippen LogP contribution in [0.3, 0.4) is 0 Å². The third-order valence-electron chi connectivity index (χ3n) is 2.14. The summed E-state index contributed by atoms with van der Waals surface area (Å²) in [6.45, 7) is 1.86. The topological polar surface area (TPSA) is 63.3 Å². The van der Waals surface area contributed by atoms with E-state index in [0.29, 0.717) is 11.3 Å². The molecule has 1 N–H and O–H groups in total. The molecule has 0 unspecified atom stereocenters. The van der Waals surface area contributed by atoms with E-state index in [1.807, 2.05) is 19.1 Å². The minimum absolute atomic E-state index is 0.295. The molecule has 0 aliphatic carbocycles. The Labute approximate surface area is 103 Å². The summed E-state index contributed by atoms with van der Waals surface area (Å²) in [7, 11) is 0. The van der Waals surface area contributed by atoms with Crippen LogP contribution in [-0.4, -0.2) is 16.2 Å². The van der Waals surface area contributed by atoms with Gasteiger partial charge >= 0.3 is 5.97 Å². The van der Waals surface area contributed by atoms with E-state index >= 15 is 0 Å². The molecule has 2 aromatic rings. The van der Waals surface area contributed by atoms with E-state index in [1.165, 1.54) is 11.8 Å². The highest BCUT2D eigenvalue weighted by molar-refractivity contribution is 7.98. The van der Waals surface area contributed by atoms with Gasteiger partial charge in [-0.1, -0.05) is 11.2 Å². The minimum Gasteiger partial charge on any atom is -0.478 e. The van der Waals surface area contributed by atoms with Crippen molar-refractivity contribution in [3.63, 3.8) is 0 Å².